The molecule has 0 N–H and O–H groups in total. The minimum Gasteiger partial charge on any atom is -0.496 e. The van der Waals surface area contributed by atoms with Gasteiger partial charge in [0.15, 0.2) is 0 Å². The molecule has 0 fully saturated rings. The second-order valence-corrected chi connectivity index (χ2v) is 4.02. The van der Waals surface area contributed by atoms with E-state index < -0.39 is 5.92 Å². The zero-order valence-electron chi connectivity index (χ0n) is 9.67. The molecule has 0 aliphatic heterocycles. The molecule has 1 heterocycles. The van der Waals surface area contributed by atoms with Gasteiger partial charge in [0.1, 0.15) is 18.0 Å². The van der Waals surface area contributed by atoms with E-state index in [1.807, 2.05) is 0 Å². The Bertz CT molecular complexity index is 581. The Kier molecular flexibility index (Phi) is 3.75. The molecule has 0 radical (unpaired) electrons. The first-order valence-electron chi connectivity index (χ1n) is 5.25. The lowest BCUT2D eigenvalue weighted by molar-refractivity contribution is 0.409. The summed E-state index contributed by atoms with van der Waals surface area (Å²) in [5.74, 6) is 0.0891. The van der Waals surface area contributed by atoms with Crippen molar-refractivity contribution in [3.8, 4) is 11.8 Å². The molecule has 1 aromatic heterocycles. The average Bonchev–Trinajstić information content (AvgIpc) is 2.41. The van der Waals surface area contributed by atoms with Gasteiger partial charge in [-0.25, -0.2) is 9.97 Å². The predicted molar refractivity (Wildman–Crippen MR) is 67.5 cm³/mol. The number of halogens is 1. The van der Waals surface area contributed by atoms with E-state index in [4.69, 9.17) is 16.3 Å². The molecule has 2 rings (SSSR count). The second kappa shape index (κ2) is 5.48. The van der Waals surface area contributed by atoms with Crippen molar-refractivity contribution in [2.45, 2.75) is 5.92 Å². The Hall–Kier alpha value is -2.12. The van der Waals surface area contributed by atoms with Crippen molar-refractivity contribution < 1.29 is 4.74 Å². The lowest BCUT2D eigenvalue weighted by atomic mass is 9.96. The first-order chi connectivity index (χ1) is 8.76. The van der Waals surface area contributed by atoms with Gasteiger partial charge in [0.2, 0.25) is 0 Å². The van der Waals surface area contributed by atoms with Gasteiger partial charge in [0, 0.05) is 16.8 Å². The zero-order chi connectivity index (χ0) is 13.0. The number of ether oxygens (including phenoxy) is 1. The van der Waals surface area contributed by atoms with E-state index in [1.54, 1.807) is 37.6 Å². The van der Waals surface area contributed by atoms with Crippen LogP contribution in [0, 0.1) is 11.3 Å². The quantitative estimate of drug-likeness (QED) is 0.850. The van der Waals surface area contributed by atoms with Gasteiger partial charge in [-0.1, -0.05) is 11.6 Å². The summed E-state index contributed by atoms with van der Waals surface area (Å²) in [5.41, 5.74) is 1.32. The maximum absolute atomic E-state index is 9.33. The normalized spacial score (nSPS) is 11.6. The van der Waals surface area contributed by atoms with Crippen LogP contribution < -0.4 is 4.74 Å². The number of nitrogens with zero attached hydrogens (tertiary/aromatic N) is 3. The summed E-state index contributed by atoms with van der Waals surface area (Å²) in [5, 5.41) is 9.89. The Labute approximate surface area is 110 Å². The highest BCUT2D eigenvalue weighted by molar-refractivity contribution is 6.30. The van der Waals surface area contributed by atoms with Crippen LogP contribution in [0.4, 0.5) is 0 Å². The molecule has 1 aromatic carbocycles. The average molecular weight is 260 g/mol. The van der Waals surface area contributed by atoms with Crippen molar-refractivity contribution >= 4 is 11.6 Å². The topological polar surface area (TPSA) is 58.8 Å². The van der Waals surface area contributed by atoms with E-state index in [0.29, 0.717) is 22.0 Å². The molecule has 0 saturated carbocycles. The molecule has 0 bridgehead atoms. The van der Waals surface area contributed by atoms with Crippen molar-refractivity contribution in [3.63, 3.8) is 0 Å². The van der Waals surface area contributed by atoms with Gasteiger partial charge in [-0.3, -0.25) is 0 Å². The highest BCUT2D eigenvalue weighted by Crippen LogP contribution is 2.32. The highest BCUT2D eigenvalue weighted by atomic mass is 35.5. The maximum atomic E-state index is 9.33. The first kappa shape index (κ1) is 12.3. The molecule has 2 aromatic rings. The molecule has 18 heavy (non-hydrogen) atoms. The summed E-state index contributed by atoms with van der Waals surface area (Å²) in [6, 6.07) is 9.09. The van der Waals surface area contributed by atoms with E-state index in [0.717, 1.165) is 0 Å². The number of nitriles is 1. The molecule has 0 spiro atoms. The van der Waals surface area contributed by atoms with Gasteiger partial charge in [-0.15, -0.1) is 0 Å². The van der Waals surface area contributed by atoms with Gasteiger partial charge < -0.3 is 4.74 Å². The molecule has 0 aliphatic carbocycles. The summed E-state index contributed by atoms with van der Waals surface area (Å²) in [7, 11) is 1.56. The van der Waals surface area contributed by atoms with Crippen LogP contribution in [0.5, 0.6) is 5.75 Å². The number of hydrogen-bond donors (Lipinski definition) is 0. The fourth-order valence-electron chi connectivity index (χ4n) is 1.70. The van der Waals surface area contributed by atoms with Gasteiger partial charge >= 0.3 is 0 Å². The van der Waals surface area contributed by atoms with Gasteiger partial charge in [0.25, 0.3) is 0 Å². The van der Waals surface area contributed by atoms with Crippen LogP contribution in [0.3, 0.4) is 0 Å². The number of hydrogen-bond acceptors (Lipinski definition) is 4. The van der Waals surface area contributed by atoms with E-state index in [1.165, 1.54) is 6.33 Å². The zero-order valence-corrected chi connectivity index (χ0v) is 10.4. The van der Waals surface area contributed by atoms with E-state index in [2.05, 4.69) is 16.0 Å². The number of methoxy groups -OCH3 is 1. The van der Waals surface area contributed by atoms with Crippen LogP contribution in [0.2, 0.25) is 5.02 Å². The smallest absolute Gasteiger partial charge is 0.123 e. The highest BCUT2D eigenvalue weighted by Gasteiger charge is 2.19. The number of benzene rings is 1. The standard InChI is InChI=1S/C13H10ClN3O/c1-18-13-3-2-9(14)6-10(13)11(7-15)12-4-5-16-8-17-12/h2-6,8,11H,1H3. The van der Waals surface area contributed by atoms with E-state index in [9.17, 15) is 5.26 Å². The van der Waals surface area contributed by atoms with Crippen LogP contribution in [0.15, 0.2) is 36.8 Å². The molecular weight excluding hydrogens is 250 g/mol. The van der Waals surface area contributed by atoms with Crippen molar-refractivity contribution in [2.75, 3.05) is 7.11 Å². The predicted octanol–water partition coefficient (Wildman–Crippen LogP) is 2.79. The molecule has 0 aliphatic rings. The van der Waals surface area contributed by atoms with Gasteiger partial charge in [0.05, 0.1) is 18.9 Å². The van der Waals surface area contributed by atoms with Crippen molar-refractivity contribution in [2.24, 2.45) is 0 Å². The lowest BCUT2D eigenvalue weighted by Crippen LogP contribution is -2.03. The summed E-state index contributed by atoms with van der Waals surface area (Å²) in [4.78, 5) is 7.94. The van der Waals surface area contributed by atoms with Crippen molar-refractivity contribution in [1.82, 2.24) is 9.97 Å². The third kappa shape index (κ3) is 2.41. The monoisotopic (exact) mass is 259 g/mol. The second-order valence-electron chi connectivity index (χ2n) is 3.58. The summed E-state index contributed by atoms with van der Waals surface area (Å²) < 4.78 is 5.25. The summed E-state index contributed by atoms with van der Waals surface area (Å²) in [6.45, 7) is 0. The van der Waals surface area contributed by atoms with Crippen LogP contribution in [0.1, 0.15) is 17.2 Å². The number of rotatable bonds is 3. The molecule has 0 saturated heterocycles. The largest absolute Gasteiger partial charge is 0.496 e. The summed E-state index contributed by atoms with van der Waals surface area (Å²) >= 11 is 5.96. The summed E-state index contributed by atoms with van der Waals surface area (Å²) in [6.07, 6.45) is 3.01. The Morgan fingerprint density at radius 1 is 1.39 bits per heavy atom. The van der Waals surface area contributed by atoms with Crippen LogP contribution in [-0.4, -0.2) is 17.1 Å². The molecule has 90 valence electrons. The first-order valence-corrected chi connectivity index (χ1v) is 5.63. The van der Waals surface area contributed by atoms with Gasteiger partial charge in [-0.05, 0) is 24.3 Å². The van der Waals surface area contributed by atoms with Gasteiger partial charge in [-0.2, -0.15) is 5.26 Å². The fourth-order valence-corrected chi connectivity index (χ4v) is 1.88. The minimum absolute atomic E-state index is 0.526. The SMILES string of the molecule is COc1ccc(Cl)cc1C(C#N)c1ccncn1. The Balaban J connectivity index is 2.52. The lowest BCUT2D eigenvalue weighted by Gasteiger charge is -2.13. The van der Waals surface area contributed by atoms with E-state index >= 15 is 0 Å². The molecule has 5 heteroatoms. The van der Waals surface area contributed by atoms with E-state index in [-0.39, 0.29) is 0 Å². The minimum atomic E-state index is -0.526. The molecular formula is C13H10ClN3O. The Morgan fingerprint density at radius 2 is 2.22 bits per heavy atom. The molecule has 4 nitrogen and oxygen atoms in total. The van der Waals surface area contributed by atoms with Crippen molar-refractivity contribution in [1.29, 1.82) is 5.26 Å². The Morgan fingerprint density at radius 3 is 2.83 bits per heavy atom. The third-order valence-electron chi connectivity index (χ3n) is 2.53. The molecule has 1 atom stereocenters. The maximum Gasteiger partial charge on any atom is 0.123 e. The van der Waals surface area contributed by atoms with Crippen molar-refractivity contribution in [3.05, 3.63) is 53.1 Å². The third-order valence-corrected chi connectivity index (χ3v) is 2.77. The van der Waals surface area contributed by atoms with Crippen LogP contribution in [-0.2, 0) is 0 Å². The number of aromatic nitrogens is 2. The molecule has 1 unspecified atom stereocenters. The fraction of sp³-hybridized carbons (Fsp3) is 0.154. The van der Waals surface area contributed by atoms with Crippen LogP contribution in [0.25, 0.3) is 0 Å². The van der Waals surface area contributed by atoms with Crippen LogP contribution >= 0.6 is 11.6 Å². The molecule has 0 amide bonds.